The van der Waals surface area contributed by atoms with Gasteiger partial charge in [0.25, 0.3) is 5.91 Å². The van der Waals surface area contributed by atoms with E-state index in [2.05, 4.69) is 16.7 Å². The van der Waals surface area contributed by atoms with E-state index in [0.717, 1.165) is 36.1 Å². The molecule has 1 aromatic rings. The zero-order chi connectivity index (χ0) is 18.4. The number of nitrogens with one attached hydrogen (secondary N) is 3. The van der Waals surface area contributed by atoms with Crippen molar-refractivity contribution in [3.63, 3.8) is 0 Å². The third kappa shape index (κ3) is 5.55. The fourth-order valence-corrected chi connectivity index (χ4v) is 4.28. The average molecular weight is 364 g/mol. The van der Waals surface area contributed by atoms with Crippen molar-refractivity contribution in [2.45, 2.75) is 52.0 Å². The van der Waals surface area contributed by atoms with Crippen LogP contribution in [0.2, 0.25) is 0 Å². The van der Waals surface area contributed by atoms with Crippen LogP contribution in [0.5, 0.6) is 0 Å². The summed E-state index contributed by atoms with van der Waals surface area (Å²) in [5, 5.41) is 15.9. The van der Waals surface area contributed by atoms with Gasteiger partial charge in [-0.3, -0.25) is 9.59 Å². The zero-order valence-corrected chi connectivity index (χ0v) is 16.0. The summed E-state index contributed by atoms with van der Waals surface area (Å²) in [6.07, 6.45) is 4.52. The van der Waals surface area contributed by atoms with Crippen molar-refractivity contribution in [3.8, 4) is 6.07 Å². The molecule has 3 N–H and O–H groups in total. The Labute approximate surface area is 153 Å². The topological polar surface area (TPSA) is 86.4 Å². The van der Waals surface area contributed by atoms with Crippen LogP contribution in [0.4, 0.5) is 5.00 Å². The van der Waals surface area contributed by atoms with E-state index in [0.29, 0.717) is 30.1 Å². The number of carbonyl (C=O) groups excluding carboxylic acids is 2. The number of hydrogen-bond donors (Lipinski definition) is 3. The van der Waals surface area contributed by atoms with Crippen LogP contribution >= 0.6 is 11.3 Å². The van der Waals surface area contributed by atoms with Crippen molar-refractivity contribution in [1.82, 2.24) is 5.32 Å². The van der Waals surface area contributed by atoms with E-state index in [9.17, 15) is 14.9 Å². The SMILES string of the molecule is CC(C)NC(=O)C[NH+](C)CCC(=O)Nc1sc2c(c1C#N)CCCC2. The van der Waals surface area contributed by atoms with E-state index in [1.165, 1.54) is 4.88 Å². The largest absolute Gasteiger partial charge is 0.349 e. The van der Waals surface area contributed by atoms with Gasteiger partial charge in [-0.2, -0.15) is 5.26 Å². The quantitative estimate of drug-likeness (QED) is 0.672. The molecule has 1 aliphatic carbocycles. The number of amides is 2. The van der Waals surface area contributed by atoms with Crippen molar-refractivity contribution in [3.05, 3.63) is 16.0 Å². The Hall–Kier alpha value is -1.91. The molecular weight excluding hydrogens is 336 g/mol. The molecule has 7 heteroatoms. The molecule has 2 amide bonds. The number of hydrogen-bond acceptors (Lipinski definition) is 4. The third-order valence-electron chi connectivity index (χ3n) is 4.23. The van der Waals surface area contributed by atoms with Crippen LogP contribution in [0, 0.1) is 11.3 Å². The molecule has 2 rings (SSSR count). The summed E-state index contributed by atoms with van der Waals surface area (Å²) in [7, 11) is 1.90. The fraction of sp³-hybridized carbons (Fsp3) is 0.611. The Morgan fingerprint density at radius 3 is 2.68 bits per heavy atom. The highest BCUT2D eigenvalue weighted by Gasteiger charge is 2.22. The first-order chi connectivity index (χ1) is 11.9. The van der Waals surface area contributed by atoms with E-state index >= 15 is 0 Å². The van der Waals surface area contributed by atoms with Gasteiger partial charge in [-0.05, 0) is 45.1 Å². The predicted molar refractivity (Wildman–Crippen MR) is 98.8 cm³/mol. The van der Waals surface area contributed by atoms with E-state index in [1.54, 1.807) is 11.3 Å². The summed E-state index contributed by atoms with van der Waals surface area (Å²) in [5.41, 5.74) is 1.77. The standard InChI is InChI=1S/C18H26N4O2S/c1-12(2)20-17(24)11-22(3)9-8-16(23)21-18-14(10-19)13-6-4-5-7-15(13)25-18/h12H,4-9,11H2,1-3H3,(H,20,24)(H,21,23)/p+1. The van der Waals surface area contributed by atoms with Gasteiger partial charge < -0.3 is 15.5 Å². The highest BCUT2D eigenvalue weighted by Crippen LogP contribution is 2.37. The van der Waals surface area contributed by atoms with Gasteiger partial charge in [0.1, 0.15) is 11.1 Å². The third-order valence-corrected chi connectivity index (χ3v) is 5.43. The molecule has 0 fully saturated rings. The summed E-state index contributed by atoms with van der Waals surface area (Å²) >= 11 is 1.54. The number of thiophene rings is 1. The maximum atomic E-state index is 12.2. The number of carbonyl (C=O) groups is 2. The van der Waals surface area contributed by atoms with Crippen molar-refractivity contribution in [2.75, 3.05) is 25.5 Å². The van der Waals surface area contributed by atoms with Crippen molar-refractivity contribution in [1.29, 1.82) is 5.26 Å². The molecule has 0 aliphatic heterocycles. The van der Waals surface area contributed by atoms with Crippen LogP contribution in [0.3, 0.4) is 0 Å². The zero-order valence-electron chi connectivity index (χ0n) is 15.2. The summed E-state index contributed by atoms with van der Waals surface area (Å²) in [5.74, 6) is -0.107. The molecule has 0 aromatic carbocycles. The number of aryl methyl sites for hydroxylation is 1. The number of rotatable bonds is 7. The summed E-state index contributed by atoms with van der Waals surface area (Å²) in [6.45, 7) is 4.77. The maximum absolute atomic E-state index is 12.2. The maximum Gasteiger partial charge on any atom is 0.275 e. The van der Waals surface area contributed by atoms with Crippen molar-refractivity contribution < 1.29 is 14.5 Å². The molecule has 1 atom stereocenters. The second kappa shape index (κ2) is 8.97. The van der Waals surface area contributed by atoms with Gasteiger partial charge >= 0.3 is 0 Å². The normalized spacial score (nSPS) is 14.5. The van der Waals surface area contributed by atoms with Gasteiger partial charge in [0.15, 0.2) is 6.54 Å². The minimum atomic E-state index is -0.0984. The average Bonchev–Trinajstić information content (AvgIpc) is 2.88. The summed E-state index contributed by atoms with van der Waals surface area (Å²) < 4.78 is 0. The molecule has 0 saturated carbocycles. The molecule has 0 radical (unpaired) electrons. The fourth-order valence-electron chi connectivity index (χ4n) is 3.02. The molecule has 0 bridgehead atoms. The van der Waals surface area contributed by atoms with E-state index < -0.39 is 0 Å². The first-order valence-electron chi connectivity index (χ1n) is 8.85. The molecule has 1 heterocycles. The van der Waals surface area contributed by atoms with Gasteiger partial charge in [-0.1, -0.05) is 0 Å². The predicted octanol–water partition coefficient (Wildman–Crippen LogP) is 0.866. The number of likely N-dealkylation sites (N-methyl/N-ethyl adjacent to an activating group) is 1. The van der Waals surface area contributed by atoms with Gasteiger partial charge in [0.2, 0.25) is 5.91 Å². The lowest BCUT2D eigenvalue weighted by Gasteiger charge is -2.14. The van der Waals surface area contributed by atoms with Crippen LogP contribution in [0.15, 0.2) is 0 Å². The molecule has 136 valence electrons. The smallest absolute Gasteiger partial charge is 0.275 e. The van der Waals surface area contributed by atoms with Gasteiger partial charge in [0, 0.05) is 10.9 Å². The number of nitrogens with zero attached hydrogens (tertiary/aromatic N) is 1. The molecule has 0 saturated heterocycles. The first kappa shape index (κ1) is 19.4. The van der Waals surface area contributed by atoms with E-state index in [4.69, 9.17) is 0 Å². The van der Waals surface area contributed by atoms with Gasteiger partial charge in [-0.15, -0.1) is 11.3 Å². The van der Waals surface area contributed by atoms with Crippen LogP contribution in [0.1, 0.15) is 49.1 Å². The van der Waals surface area contributed by atoms with E-state index in [-0.39, 0.29) is 17.9 Å². The number of anilines is 1. The van der Waals surface area contributed by atoms with Crippen LogP contribution in [0.25, 0.3) is 0 Å². The molecule has 0 spiro atoms. The Bertz CT molecular complexity index is 675. The van der Waals surface area contributed by atoms with Crippen molar-refractivity contribution in [2.24, 2.45) is 0 Å². The Morgan fingerprint density at radius 2 is 2.00 bits per heavy atom. The number of fused-ring (bicyclic) bond motifs is 1. The summed E-state index contributed by atoms with van der Waals surface area (Å²) in [6, 6.07) is 2.38. The number of quaternary nitrogens is 1. The molecule has 1 aromatic heterocycles. The van der Waals surface area contributed by atoms with E-state index in [1.807, 2.05) is 20.9 Å². The molecule has 1 unspecified atom stereocenters. The van der Waals surface area contributed by atoms with Crippen LogP contribution in [-0.4, -0.2) is 38.0 Å². The Morgan fingerprint density at radius 1 is 1.28 bits per heavy atom. The van der Waals surface area contributed by atoms with Gasteiger partial charge in [-0.25, -0.2) is 0 Å². The number of nitriles is 1. The second-order valence-electron chi connectivity index (χ2n) is 6.93. The van der Waals surface area contributed by atoms with Gasteiger partial charge in [0.05, 0.1) is 25.6 Å². The van der Waals surface area contributed by atoms with Crippen LogP contribution in [-0.2, 0) is 22.4 Å². The molecule has 6 nitrogen and oxygen atoms in total. The van der Waals surface area contributed by atoms with Crippen molar-refractivity contribution >= 4 is 28.2 Å². The highest BCUT2D eigenvalue weighted by atomic mass is 32.1. The highest BCUT2D eigenvalue weighted by molar-refractivity contribution is 7.16. The summed E-state index contributed by atoms with van der Waals surface area (Å²) in [4.78, 5) is 26.2. The lowest BCUT2D eigenvalue weighted by Crippen LogP contribution is -3.10. The minimum Gasteiger partial charge on any atom is -0.349 e. The molecule has 1 aliphatic rings. The monoisotopic (exact) mass is 363 g/mol. The molecular formula is C18H27N4O2S+. The lowest BCUT2D eigenvalue weighted by atomic mass is 9.96. The second-order valence-corrected chi connectivity index (χ2v) is 8.04. The first-order valence-corrected chi connectivity index (χ1v) is 9.67. The Kier molecular flexibility index (Phi) is 6.97. The Balaban J connectivity index is 1.86. The molecule has 25 heavy (non-hydrogen) atoms. The lowest BCUT2D eigenvalue weighted by molar-refractivity contribution is -0.870. The minimum absolute atomic E-state index is 0.00870. The van der Waals surface area contributed by atoms with Crippen LogP contribution < -0.4 is 15.5 Å².